The first-order valence-corrected chi connectivity index (χ1v) is 6.81. The summed E-state index contributed by atoms with van der Waals surface area (Å²) in [6.45, 7) is 9.98. The van der Waals surface area contributed by atoms with E-state index in [9.17, 15) is 0 Å². The van der Waals surface area contributed by atoms with E-state index in [1.54, 1.807) is 0 Å². The number of hydrogen-bond acceptors (Lipinski definition) is 1. The predicted molar refractivity (Wildman–Crippen MR) is 66.0 cm³/mol. The topological polar surface area (TPSA) is 3.24 Å². The van der Waals surface area contributed by atoms with Crippen LogP contribution < -0.4 is 0 Å². The van der Waals surface area contributed by atoms with Crippen LogP contribution in [-0.2, 0) is 0 Å². The molecule has 0 N–H and O–H groups in total. The lowest BCUT2D eigenvalue weighted by atomic mass is 9.76. The van der Waals surface area contributed by atoms with E-state index in [-0.39, 0.29) is 0 Å². The van der Waals surface area contributed by atoms with Crippen molar-refractivity contribution >= 4 is 0 Å². The van der Waals surface area contributed by atoms with Crippen molar-refractivity contribution in [2.24, 2.45) is 11.3 Å². The quantitative estimate of drug-likeness (QED) is 0.636. The third kappa shape index (κ3) is 2.75. The third-order valence-electron chi connectivity index (χ3n) is 4.52. The molecule has 1 heteroatoms. The summed E-state index contributed by atoms with van der Waals surface area (Å²) in [5.74, 6) is 0.923. The van der Waals surface area contributed by atoms with Crippen LogP contribution >= 0.6 is 0 Å². The average molecular weight is 209 g/mol. The first-order valence-electron chi connectivity index (χ1n) is 6.81. The van der Waals surface area contributed by atoms with E-state index in [1.807, 2.05) is 0 Å². The SMILES string of the molecule is CC(C)(C)C1CCCN(C2CCCC2)C1. The van der Waals surface area contributed by atoms with Crippen molar-refractivity contribution < 1.29 is 0 Å². The van der Waals surface area contributed by atoms with Gasteiger partial charge in [0.1, 0.15) is 0 Å². The Morgan fingerprint density at radius 1 is 0.933 bits per heavy atom. The Kier molecular flexibility index (Phi) is 3.39. The van der Waals surface area contributed by atoms with Gasteiger partial charge in [-0.2, -0.15) is 0 Å². The molecular weight excluding hydrogens is 182 g/mol. The lowest BCUT2D eigenvalue weighted by Crippen LogP contribution is -2.44. The van der Waals surface area contributed by atoms with E-state index < -0.39 is 0 Å². The Morgan fingerprint density at radius 3 is 2.20 bits per heavy atom. The zero-order valence-corrected chi connectivity index (χ0v) is 10.8. The van der Waals surface area contributed by atoms with Gasteiger partial charge in [-0.05, 0) is 43.6 Å². The van der Waals surface area contributed by atoms with Crippen molar-refractivity contribution in [1.29, 1.82) is 0 Å². The van der Waals surface area contributed by atoms with Crippen LogP contribution in [0.1, 0.15) is 59.3 Å². The maximum Gasteiger partial charge on any atom is 0.00953 e. The number of rotatable bonds is 1. The molecule has 0 bridgehead atoms. The van der Waals surface area contributed by atoms with E-state index in [0.29, 0.717) is 5.41 Å². The summed E-state index contributed by atoms with van der Waals surface area (Å²) in [6.07, 6.45) is 8.77. The van der Waals surface area contributed by atoms with Crippen molar-refractivity contribution in [2.75, 3.05) is 13.1 Å². The molecule has 0 aromatic heterocycles. The van der Waals surface area contributed by atoms with Gasteiger partial charge in [-0.25, -0.2) is 0 Å². The van der Waals surface area contributed by atoms with Gasteiger partial charge in [0.05, 0.1) is 0 Å². The normalized spacial score (nSPS) is 31.0. The fourth-order valence-electron chi connectivity index (χ4n) is 3.31. The second-order valence-corrected chi connectivity index (χ2v) is 6.64. The molecule has 1 saturated carbocycles. The molecule has 1 saturated heterocycles. The van der Waals surface area contributed by atoms with Gasteiger partial charge in [0.15, 0.2) is 0 Å². The molecule has 15 heavy (non-hydrogen) atoms. The lowest BCUT2D eigenvalue weighted by molar-refractivity contribution is 0.0699. The summed E-state index contributed by atoms with van der Waals surface area (Å²) >= 11 is 0. The highest BCUT2D eigenvalue weighted by atomic mass is 15.2. The van der Waals surface area contributed by atoms with E-state index >= 15 is 0 Å². The maximum atomic E-state index is 2.80. The Hall–Kier alpha value is -0.0400. The van der Waals surface area contributed by atoms with Crippen molar-refractivity contribution in [3.8, 4) is 0 Å². The van der Waals surface area contributed by atoms with E-state index in [1.165, 1.54) is 51.6 Å². The molecule has 2 rings (SSSR count). The van der Waals surface area contributed by atoms with Gasteiger partial charge in [0, 0.05) is 12.6 Å². The van der Waals surface area contributed by atoms with Crippen molar-refractivity contribution in [3.05, 3.63) is 0 Å². The number of piperidine rings is 1. The molecule has 0 aromatic rings. The maximum absolute atomic E-state index is 2.80. The molecule has 0 aromatic carbocycles. The molecule has 1 heterocycles. The summed E-state index contributed by atoms with van der Waals surface area (Å²) in [5.41, 5.74) is 0.511. The largest absolute Gasteiger partial charge is 0.300 e. The first-order chi connectivity index (χ1) is 7.07. The number of hydrogen-bond donors (Lipinski definition) is 0. The summed E-state index contributed by atoms with van der Waals surface area (Å²) in [6, 6.07) is 0.940. The minimum Gasteiger partial charge on any atom is -0.300 e. The second kappa shape index (κ2) is 4.45. The molecule has 0 spiro atoms. The third-order valence-corrected chi connectivity index (χ3v) is 4.52. The van der Waals surface area contributed by atoms with Gasteiger partial charge in [0.2, 0.25) is 0 Å². The Labute approximate surface area is 95.2 Å². The molecule has 88 valence electrons. The van der Waals surface area contributed by atoms with Crippen LogP contribution in [0.4, 0.5) is 0 Å². The van der Waals surface area contributed by atoms with Crippen LogP contribution in [-0.4, -0.2) is 24.0 Å². The van der Waals surface area contributed by atoms with Crippen molar-refractivity contribution in [3.63, 3.8) is 0 Å². The average Bonchev–Trinajstić information content (AvgIpc) is 2.69. The highest BCUT2D eigenvalue weighted by molar-refractivity contribution is 4.86. The minimum absolute atomic E-state index is 0.511. The summed E-state index contributed by atoms with van der Waals surface area (Å²) < 4.78 is 0. The van der Waals surface area contributed by atoms with Crippen LogP contribution in [0.15, 0.2) is 0 Å². The van der Waals surface area contributed by atoms with Crippen LogP contribution in [0, 0.1) is 11.3 Å². The Balaban J connectivity index is 1.92. The fraction of sp³-hybridized carbons (Fsp3) is 1.00. The lowest BCUT2D eigenvalue weighted by Gasteiger charge is -2.42. The summed E-state index contributed by atoms with van der Waals surface area (Å²) in [4.78, 5) is 2.80. The van der Waals surface area contributed by atoms with Gasteiger partial charge >= 0.3 is 0 Å². The van der Waals surface area contributed by atoms with Gasteiger partial charge in [-0.1, -0.05) is 33.6 Å². The number of nitrogens with zero attached hydrogens (tertiary/aromatic N) is 1. The van der Waals surface area contributed by atoms with E-state index in [0.717, 1.165) is 12.0 Å². The first kappa shape index (κ1) is 11.4. The molecule has 2 aliphatic rings. The molecule has 1 nitrogen and oxygen atoms in total. The van der Waals surface area contributed by atoms with Crippen molar-refractivity contribution in [2.45, 2.75) is 65.3 Å². The molecule has 0 amide bonds. The van der Waals surface area contributed by atoms with Gasteiger partial charge in [-0.3, -0.25) is 0 Å². The van der Waals surface area contributed by atoms with E-state index in [4.69, 9.17) is 0 Å². The molecule has 0 radical (unpaired) electrons. The van der Waals surface area contributed by atoms with Crippen LogP contribution in [0.2, 0.25) is 0 Å². The predicted octanol–water partition coefficient (Wildman–Crippen LogP) is 3.69. The van der Waals surface area contributed by atoms with Crippen LogP contribution in [0.3, 0.4) is 0 Å². The highest BCUT2D eigenvalue weighted by Gasteiger charge is 2.32. The Morgan fingerprint density at radius 2 is 1.60 bits per heavy atom. The molecule has 1 unspecified atom stereocenters. The molecule has 1 aliphatic carbocycles. The smallest absolute Gasteiger partial charge is 0.00953 e. The minimum atomic E-state index is 0.511. The zero-order valence-electron chi connectivity index (χ0n) is 10.8. The van der Waals surface area contributed by atoms with Crippen LogP contribution in [0.5, 0.6) is 0 Å². The monoisotopic (exact) mass is 209 g/mol. The summed E-state index contributed by atoms with van der Waals surface area (Å²) in [7, 11) is 0. The zero-order chi connectivity index (χ0) is 10.9. The highest BCUT2D eigenvalue weighted by Crippen LogP contribution is 2.35. The van der Waals surface area contributed by atoms with Gasteiger partial charge in [0.25, 0.3) is 0 Å². The molecule has 2 fully saturated rings. The fourth-order valence-corrected chi connectivity index (χ4v) is 3.31. The number of likely N-dealkylation sites (tertiary alicyclic amines) is 1. The van der Waals surface area contributed by atoms with Crippen LogP contribution in [0.25, 0.3) is 0 Å². The Bertz CT molecular complexity index is 198. The van der Waals surface area contributed by atoms with E-state index in [2.05, 4.69) is 25.7 Å². The molecule has 1 atom stereocenters. The van der Waals surface area contributed by atoms with Crippen molar-refractivity contribution in [1.82, 2.24) is 4.90 Å². The molecule has 1 aliphatic heterocycles. The standard InChI is InChI=1S/C14H27N/c1-14(2,3)12-7-6-10-15(11-12)13-8-4-5-9-13/h12-13H,4-11H2,1-3H3. The van der Waals surface area contributed by atoms with Gasteiger partial charge in [-0.15, -0.1) is 0 Å². The summed E-state index contributed by atoms with van der Waals surface area (Å²) in [5, 5.41) is 0. The molecular formula is C14H27N. The second-order valence-electron chi connectivity index (χ2n) is 6.64. The van der Waals surface area contributed by atoms with Gasteiger partial charge < -0.3 is 4.90 Å².